The van der Waals surface area contributed by atoms with E-state index in [1.165, 1.54) is 5.56 Å². The lowest BCUT2D eigenvalue weighted by atomic mass is 10.1. The molecule has 1 fully saturated rings. The highest BCUT2D eigenvalue weighted by atomic mass is 16.2. The summed E-state index contributed by atoms with van der Waals surface area (Å²) >= 11 is 0. The van der Waals surface area contributed by atoms with Crippen molar-refractivity contribution in [2.75, 3.05) is 18.0 Å². The minimum Gasteiger partial charge on any atom is -0.355 e. The zero-order valence-corrected chi connectivity index (χ0v) is 14.8. The van der Waals surface area contributed by atoms with Crippen LogP contribution in [0.4, 0.5) is 5.69 Å². The fourth-order valence-corrected chi connectivity index (χ4v) is 3.36. The van der Waals surface area contributed by atoms with Crippen LogP contribution in [-0.4, -0.2) is 24.9 Å². The Morgan fingerprint density at radius 3 is 2.48 bits per heavy atom. The predicted octanol–water partition coefficient (Wildman–Crippen LogP) is 3.02. The topological polar surface area (TPSA) is 49.4 Å². The molecular weight excluding hydrogens is 312 g/mol. The van der Waals surface area contributed by atoms with Crippen molar-refractivity contribution >= 4 is 17.5 Å². The van der Waals surface area contributed by atoms with Crippen LogP contribution in [0.15, 0.2) is 48.5 Å². The monoisotopic (exact) mass is 336 g/mol. The van der Waals surface area contributed by atoms with Crippen LogP contribution >= 0.6 is 0 Å². The molecule has 1 atom stereocenters. The van der Waals surface area contributed by atoms with E-state index in [0.717, 1.165) is 23.2 Å². The highest BCUT2D eigenvalue weighted by molar-refractivity contribution is 6.00. The van der Waals surface area contributed by atoms with Crippen molar-refractivity contribution in [3.63, 3.8) is 0 Å². The summed E-state index contributed by atoms with van der Waals surface area (Å²) in [6, 6.07) is 16.1. The van der Waals surface area contributed by atoms with Crippen LogP contribution in [0.25, 0.3) is 0 Å². The second-order valence-corrected chi connectivity index (χ2v) is 6.78. The standard InChI is InChI=1S/C21H24N2O2/c1-15-10-16(2)12-19(11-15)23-14-18(13-20(23)24)21(25)22-9-8-17-6-4-3-5-7-17/h3-7,10-12,18H,8-9,13-14H2,1-2H3,(H,22,25)/t18-/m1/s1. The van der Waals surface area contributed by atoms with E-state index in [1.807, 2.05) is 56.3 Å². The van der Waals surface area contributed by atoms with Gasteiger partial charge < -0.3 is 10.2 Å². The van der Waals surface area contributed by atoms with Crippen LogP contribution in [0, 0.1) is 19.8 Å². The second-order valence-electron chi connectivity index (χ2n) is 6.78. The molecule has 4 heteroatoms. The Balaban J connectivity index is 1.57. The van der Waals surface area contributed by atoms with E-state index >= 15 is 0 Å². The van der Waals surface area contributed by atoms with Crippen molar-refractivity contribution in [3.8, 4) is 0 Å². The number of rotatable bonds is 5. The van der Waals surface area contributed by atoms with Crippen LogP contribution in [-0.2, 0) is 16.0 Å². The minimum absolute atomic E-state index is 0.0215. The normalized spacial score (nSPS) is 17.0. The Bertz CT molecular complexity index is 750. The van der Waals surface area contributed by atoms with E-state index < -0.39 is 0 Å². The zero-order valence-electron chi connectivity index (χ0n) is 14.8. The lowest BCUT2D eigenvalue weighted by molar-refractivity contribution is -0.126. The van der Waals surface area contributed by atoms with Gasteiger partial charge in [0.2, 0.25) is 11.8 Å². The number of amides is 2. The van der Waals surface area contributed by atoms with Crippen LogP contribution < -0.4 is 10.2 Å². The summed E-state index contributed by atoms with van der Waals surface area (Å²) in [5, 5.41) is 2.97. The number of aryl methyl sites for hydroxylation is 2. The molecule has 0 spiro atoms. The van der Waals surface area contributed by atoms with Gasteiger partial charge in [-0.2, -0.15) is 0 Å². The molecule has 4 nitrogen and oxygen atoms in total. The molecule has 1 N–H and O–H groups in total. The molecule has 2 aromatic carbocycles. The van der Waals surface area contributed by atoms with Gasteiger partial charge in [-0.1, -0.05) is 36.4 Å². The van der Waals surface area contributed by atoms with Gasteiger partial charge in [-0.15, -0.1) is 0 Å². The van der Waals surface area contributed by atoms with E-state index in [1.54, 1.807) is 4.90 Å². The van der Waals surface area contributed by atoms with Gasteiger partial charge in [-0.05, 0) is 49.1 Å². The number of anilines is 1. The molecule has 0 aromatic heterocycles. The fraction of sp³-hybridized carbons (Fsp3) is 0.333. The van der Waals surface area contributed by atoms with Gasteiger partial charge >= 0.3 is 0 Å². The number of carbonyl (C=O) groups is 2. The maximum absolute atomic E-state index is 12.4. The second kappa shape index (κ2) is 7.51. The quantitative estimate of drug-likeness (QED) is 0.912. The minimum atomic E-state index is -0.274. The first kappa shape index (κ1) is 17.2. The molecule has 1 aliphatic heterocycles. The smallest absolute Gasteiger partial charge is 0.227 e. The van der Waals surface area contributed by atoms with Crippen molar-refractivity contribution in [3.05, 3.63) is 65.2 Å². The van der Waals surface area contributed by atoms with Crippen LogP contribution in [0.2, 0.25) is 0 Å². The van der Waals surface area contributed by atoms with Crippen molar-refractivity contribution in [1.29, 1.82) is 0 Å². The zero-order chi connectivity index (χ0) is 17.8. The first-order valence-corrected chi connectivity index (χ1v) is 8.73. The largest absolute Gasteiger partial charge is 0.355 e. The number of nitrogens with one attached hydrogen (secondary N) is 1. The molecule has 1 aliphatic rings. The molecule has 0 unspecified atom stereocenters. The molecule has 2 aromatic rings. The van der Waals surface area contributed by atoms with Crippen molar-refractivity contribution in [1.82, 2.24) is 5.32 Å². The lowest BCUT2D eigenvalue weighted by Gasteiger charge is -2.18. The van der Waals surface area contributed by atoms with E-state index in [2.05, 4.69) is 11.4 Å². The summed E-state index contributed by atoms with van der Waals surface area (Å²) in [7, 11) is 0. The van der Waals surface area contributed by atoms with Crippen LogP contribution in [0.5, 0.6) is 0 Å². The lowest BCUT2D eigenvalue weighted by Crippen LogP contribution is -2.34. The Morgan fingerprint density at radius 1 is 1.12 bits per heavy atom. The fourth-order valence-electron chi connectivity index (χ4n) is 3.36. The highest BCUT2D eigenvalue weighted by Gasteiger charge is 2.35. The van der Waals surface area contributed by atoms with Crippen LogP contribution in [0.1, 0.15) is 23.1 Å². The number of hydrogen-bond donors (Lipinski definition) is 1. The molecule has 0 radical (unpaired) electrons. The van der Waals surface area contributed by atoms with Crippen LogP contribution in [0.3, 0.4) is 0 Å². The summed E-state index contributed by atoms with van der Waals surface area (Å²) in [4.78, 5) is 26.5. The maximum atomic E-state index is 12.4. The number of carbonyl (C=O) groups excluding carboxylic acids is 2. The molecule has 3 rings (SSSR count). The third-order valence-corrected chi connectivity index (χ3v) is 4.57. The SMILES string of the molecule is Cc1cc(C)cc(N2C[C@H](C(=O)NCCc3ccccc3)CC2=O)c1. The number of nitrogens with zero attached hydrogens (tertiary/aromatic N) is 1. The average Bonchev–Trinajstić information content (AvgIpc) is 2.97. The Morgan fingerprint density at radius 2 is 1.80 bits per heavy atom. The Hall–Kier alpha value is -2.62. The van der Waals surface area contributed by atoms with E-state index in [4.69, 9.17) is 0 Å². The summed E-state index contributed by atoms with van der Waals surface area (Å²) in [5.41, 5.74) is 4.33. The van der Waals surface area contributed by atoms with E-state index in [9.17, 15) is 9.59 Å². The van der Waals surface area contributed by atoms with E-state index in [-0.39, 0.29) is 24.2 Å². The molecule has 25 heavy (non-hydrogen) atoms. The highest BCUT2D eigenvalue weighted by Crippen LogP contribution is 2.27. The molecular formula is C21H24N2O2. The van der Waals surface area contributed by atoms with Gasteiger partial charge in [0, 0.05) is 25.2 Å². The van der Waals surface area contributed by atoms with Gasteiger partial charge in [0.15, 0.2) is 0 Å². The molecule has 1 heterocycles. The third kappa shape index (κ3) is 4.27. The predicted molar refractivity (Wildman–Crippen MR) is 99.5 cm³/mol. The first-order valence-electron chi connectivity index (χ1n) is 8.73. The van der Waals surface area contributed by atoms with Crippen molar-refractivity contribution in [2.45, 2.75) is 26.7 Å². The summed E-state index contributed by atoms with van der Waals surface area (Å²) < 4.78 is 0. The van der Waals surface area contributed by atoms with Gasteiger partial charge in [-0.25, -0.2) is 0 Å². The van der Waals surface area contributed by atoms with Crippen molar-refractivity contribution in [2.24, 2.45) is 5.92 Å². The summed E-state index contributed by atoms with van der Waals surface area (Å²) in [6.45, 7) is 5.09. The molecule has 130 valence electrons. The summed E-state index contributed by atoms with van der Waals surface area (Å²) in [6.07, 6.45) is 1.08. The Labute approximate surface area is 148 Å². The van der Waals surface area contributed by atoms with E-state index in [0.29, 0.717) is 13.1 Å². The van der Waals surface area contributed by atoms with Gasteiger partial charge in [-0.3, -0.25) is 9.59 Å². The van der Waals surface area contributed by atoms with Gasteiger partial charge in [0.05, 0.1) is 5.92 Å². The number of hydrogen-bond acceptors (Lipinski definition) is 2. The molecule has 2 amide bonds. The molecule has 1 saturated heterocycles. The molecule has 0 aliphatic carbocycles. The summed E-state index contributed by atoms with van der Waals surface area (Å²) in [5.74, 6) is -0.284. The third-order valence-electron chi connectivity index (χ3n) is 4.57. The number of benzene rings is 2. The van der Waals surface area contributed by atoms with Crippen molar-refractivity contribution < 1.29 is 9.59 Å². The molecule has 0 bridgehead atoms. The first-order chi connectivity index (χ1) is 12.0. The van der Waals surface area contributed by atoms with Gasteiger partial charge in [0.1, 0.15) is 0 Å². The molecule has 0 saturated carbocycles. The Kier molecular flexibility index (Phi) is 5.17. The maximum Gasteiger partial charge on any atom is 0.227 e. The van der Waals surface area contributed by atoms with Gasteiger partial charge in [0.25, 0.3) is 0 Å². The average molecular weight is 336 g/mol.